The third kappa shape index (κ3) is 41.6. The largest absolute Gasteiger partial charge is 0.472 e. The Labute approximate surface area is 362 Å². The van der Waals surface area contributed by atoms with Gasteiger partial charge in [0.15, 0.2) is 6.10 Å². The number of hydrogen-bond acceptors (Lipinski definition) is 10. The molecule has 0 fully saturated rings. The van der Waals surface area contributed by atoms with Crippen LogP contribution in [0.1, 0.15) is 149 Å². The molecule has 0 aromatic heterocycles. The van der Waals surface area contributed by atoms with Gasteiger partial charge in [0.1, 0.15) is 12.7 Å². The molecule has 0 radical (unpaired) electrons. The first-order valence-corrected chi connectivity index (χ1v) is 23.8. The number of unbranched alkanes of at least 4 members (excludes halogenated alkanes) is 7. The van der Waals surface area contributed by atoms with Gasteiger partial charge in [0, 0.05) is 12.8 Å². The third-order valence-corrected chi connectivity index (χ3v) is 9.72. The van der Waals surface area contributed by atoms with E-state index < -0.39 is 51.8 Å². The lowest BCUT2D eigenvalue weighted by atomic mass is 10.1. The summed E-state index contributed by atoms with van der Waals surface area (Å²) >= 11 is 0. The first-order chi connectivity index (χ1) is 29.1. The third-order valence-electron chi connectivity index (χ3n) is 8.77. The van der Waals surface area contributed by atoms with Crippen molar-refractivity contribution >= 4 is 19.8 Å². The minimum absolute atomic E-state index is 0.0802. The summed E-state index contributed by atoms with van der Waals surface area (Å²) in [6.07, 6.45) is 48.7. The fourth-order valence-corrected chi connectivity index (χ4v) is 6.12. The molecule has 0 aromatic carbocycles. The summed E-state index contributed by atoms with van der Waals surface area (Å²) < 4.78 is 32.6. The summed E-state index contributed by atoms with van der Waals surface area (Å²) in [6, 6.07) is 0. The van der Waals surface area contributed by atoms with E-state index in [9.17, 15) is 29.3 Å². The summed E-state index contributed by atoms with van der Waals surface area (Å²) in [5.41, 5.74) is 0. The Balaban J connectivity index is 4.48. The molecule has 2 unspecified atom stereocenters. The highest BCUT2D eigenvalue weighted by molar-refractivity contribution is 7.47. The van der Waals surface area contributed by atoms with Gasteiger partial charge in [0.2, 0.25) is 0 Å². The number of esters is 2. The molecular weight excluding hydrogens is 783 g/mol. The molecule has 0 rings (SSSR count). The van der Waals surface area contributed by atoms with E-state index in [4.69, 9.17) is 19.1 Å². The van der Waals surface area contributed by atoms with Gasteiger partial charge in [-0.05, 0) is 96.3 Å². The maximum atomic E-state index is 12.6. The Hall–Kier alpha value is -3.15. The number of allylic oxidation sites excluding steroid dienone is 15. The first-order valence-electron chi connectivity index (χ1n) is 22.3. The number of carbonyl (C=O) groups is 2. The zero-order valence-corrected chi connectivity index (χ0v) is 37.6. The average Bonchev–Trinajstić information content (AvgIpc) is 3.23. The Morgan fingerprint density at radius 1 is 0.533 bits per heavy atom. The summed E-state index contributed by atoms with van der Waals surface area (Å²) in [4.78, 5) is 35.0. The number of phosphoric ester groups is 1. The molecule has 12 heteroatoms. The van der Waals surface area contributed by atoms with Crippen LogP contribution in [0.15, 0.2) is 97.2 Å². The van der Waals surface area contributed by atoms with Crippen LogP contribution in [-0.4, -0.2) is 76.9 Å². The number of aliphatic hydroxyl groups is 3. The first kappa shape index (κ1) is 56.9. The molecule has 0 aliphatic heterocycles. The van der Waals surface area contributed by atoms with Gasteiger partial charge in [-0.3, -0.25) is 18.6 Å². The van der Waals surface area contributed by atoms with Crippen molar-refractivity contribution in [1.82, 2.24) is 0 Å². The standard InChI is InChI=1S/C48H79O11P/c1-3-5-6-7-8-9-10-11-12-13-14-15-16-19-22-25-28-31-34-38-47(52)56-42-46(43-58-60(54,55)57-41-45(51)40-49)59-48(53)39-35-32-29-26-23-20-17-18-21-24-27-30-33-37-44(50)36-4-2/h8-9,11-12,14-15,17,19-22,24,26,29-30,33,44-46,49-51H,3-7,10,13,16,18,23,25,27-28,31-32,34-43H2,1-2H3,(H,54,55)/b9-8-,12-11-,15-14-,20-17-,22-19-,24-21-,29-26-,33-30-/t44?,45-,46+/m0/s1. The highest BCUT2D eigenvalue weighted by atomic mass is 31.2. The molecule has 0 saturated carbocycles. The second kappa shape index (κ2) is 42.5. The van der Waals surface area contributed by atoms with Gasteiger partial charge in [0.25, 0.3) is 0 Å². The van der Waals surface area contributed by atoms with E-state index in [0.29, 0.717) is 25.7 Å². The summed E-state index contributed by atoms with van der Waals surface area (Å²) in [6.45, 7) is 2.02. The predicted octanol–water partition coefficient (Wildman–Crippen LogP) is 11.0. The number of aliphatic hydroxyl groups excluding tert-OH is 3. The lowest BCUT2D eigenvalue weighted by Gasteiger charge is -2.20. The summed E-state index contributed by atoms with van der Waals surface area (Å²) in [5.74, 6) is -1.06. The van der Waals surface area contributed by atoms with Crippen LogP contribution < -0.4 is 0 Å². The van der Waals surface area contributed by atoms with E-state index in [1.54, 1.807) is 0 Å². The fraction of sp³-hybridized carbons (Fsp3) is 0.625. The molecule has 0 saturated heterocycles. The van der Waals surface area contributed by atoms with Crippen molar-refractivity contribution in [2.45, 2.75) is 167 Å². The fourth-order valence-electron chi connectivity index (χ4n) is 5.34. The lowest BCUT2D eigenvalue weighted by molar-refractivity contribution is -0.161. The zero-order chi connectivity index (χ0) is 44.2. The minimum atomic E-state index is -4.66. The number of rotatable bonds is 40. The quantitative estimate of drug-likeness (QED) is 0.0200. The molecule has 60 heavy (non-hydrogen) atoms. The normalized spacial score (nSPS) is 15.2. The summed E-state index contributed by atoms with van der Waals surface area (Å²) in [5, 5.41) is 28.1. The number of phosphoric acid groups is 1. The van der Waals surface area contributed by atoms with Crippen molar-refractivity contribution < 1.29 is 52.9 Å². The highest BCUT2D eigenvalue weighted by Gasteiger charge is 2.27. The van der Waals surface area contributed by atoms with Crippen LogP contribution in [0, 0.1) is 0 Å². The van der Waals surface area contributed by atoms with Crippen LogP contribution in [0.3, 0.4) is 0 Å². The van der Waals surface area contributed by atoms with E-state index >= 15 is 0 Å². The molecule has 4 atom stereocenters. The van der Waals surface area contributed by atoms with Crippen LogP contribution >= 0.6 is 7.82 Å². The van der Waals surface area contributed by atoms with Gasteiger partial charge in [-0.2, -0.15) is 0 Å². The van der Waals surface area contributed by atoms with Gasteiger partial charge < -0.3 is 29.7 Å². The van der Waals surface area contributed by atoms with Crippen LogP contribution in [0.2, 0.25) is 0 Å². The van der Waals surface area contributed by atoms with Gasteiger partial charge in [-0.1, -0.05) is 137 Å². The van der Waals surface area contributed by atoms with Crippen LogP contribution in [0.4, 0.5) is 0 Å². The molecule has 11 nitrogen and oxygen atoms in total. The van der Waals surface area contributed by atoms with Crippen LogP contribution in [0.25, 0.3) is 0 Å². The van der Waals surface area contributed by atoms with Gasteiger partial charge >= 0.3 is 19.8 Å². The van der Waals surface area contributed by atoms with Crippen molar-refractivity contribution in [2.24, 2.45) is 0 Å². The molecule has 0 bridgehead atoms. The maximum absolute atomic E-state index is 12.6. The molecule has 0 aromatic rings. The molecule has 0 heterocycles. The molecule has 0 aliphatic carbocycles. The van der Waals surface area contributed by atoms with E-state index in [1.807, 2.05) is 18.2 Å². The molecular formula is C48H79O11P. The second-order valence-corrected chi connectivity index (χ2v) is 16.0. The zero-order valence-electron chi connectivity index (χ0n) is 36.7. The van der Waals surface area contributed by atoms with Gasteiger partial charge in [-0.25, -0.2) is 4.57 Å². The Morgan fingerprint density at radius 2 is 1.00 bits per heavy atom. The van der Waals surface area contributed by atoms with E-state index in [0.717, 1.165) is 70.6 Å². The predicted molar refractivity (Wildman–Crippen MR) is 243 cm³/mol. The maximum Gasteiger partial charge on any atom is 0.472 e. The van der Waals surface area contributed by atoms with Crippen molar-refractivity contribution in [3.05, 3.63) is 97.2 Å². The number of carbonyl (C=O) groups excluding carboxylic acids is 2. The Bertz CT molecular complexity index is 1330. The van der Waals surface area contributed by atoms with E-state index in [1.165, 1.54) is 25.7 Å². The summed E-state index contributed by atoms with van der Waals surface area (Å²) in [7, 11) is -4.66. The topological polar surface area (TPSA) is 169 Å². The van der Waals surface area contributed by atoms with Gasteiger partial charge in [0.05, 0.1) is 25.9 Å². The SMILES string of the molecule is CCCCC/C=C\C/C=C\C/C=C\C/C=C\CCCCCC(=O)OC[C@H](COP(=O)(O)OC[C@@H](O)CO)OC(=O)CCC/C=C\C/C=C\C/C=C\C/C=C\CC(O)CCC. The van der Waals surface area contributed by atoms with Crippen molar-refractivity contribution in [3.8, 4) is 0 Å². The van der Waals surface area contributed by atoms with E-state index in [2.05, 4.69) is 97.4 Å². The molecule has 4 N–H and O–H groups in total. The second-order valence-electron chi connectivity index (χ2n) is 14.5. The van der Waals surface area contributed by atoms with Crippen LogP contribution in [-0.2, 0) is 32.7 Å². The lowest BCUT2D eigenvalue weighted by Crippen LogP contribution is -2.29. The average molecular weight is 863 g/mol. The van der Waals surface area contributed by atoms with Gasteiger partial charge in [-0.15, -0.1) is 0 Å². The smallest absolute Gasteiger partial charge is 0.462 e. The minimum Gasteiger partial charge on any atom is -0.462 e. The van der Waals surface area contributed by atoms with Crippen molar-refractivity contribution in [2.75, 3.05) is 26.4 Å². The number of hydrogen-bond donors (Lipinski definition) is 4. The molecule has 0 amide bonds. The van der Waals surface area contributed by atoms with E-state index in [-0.39, 0.29) is 25.6 Å². The Kier molecular flexibility index (Phi) is 40.3. The Morgan fingerprint density at radius 3 is 1.52 bits per heavy atom. The monoisotopic (exact) mass is 863 g/mol. The van der Waals surface area contributed by atoms with Crippen LogP contribution in [0.5, 0.6) is 0 Å². The molecule has 342 valence electrons. The number of ether oxygens (including phenoxy) is 2. The molecule has 0 spiro atoms. The highest BCUT2D eigenvalue weighted by Crippen LogP contribution is 2.43. The van der Waals surface area contributed by atoms with Crippen molar-refractivity contribution in [3.63, 3.8) is 0 Å². The van der Waals surface area contributed by atoms with Crippen molar-refractivity contribution in [1.29, 1.82) is 0 Å². The molecule has 0 aliphatic rings.